The summed E-state index contributed by atoms with van der Waals surface area (Å²) in [6.07, 6.45) is 0.904. The first kappa shape index (κ1) is 15.9. The van der Waals surface area contributed by atoms with Gasteiger partial charge >= 0.3 is 5.97 Å². The first-order valence-corrected chi connectivity index (χ1v) is 7.65. The predicted molar refractivity (Wildman–Crippen MR) is 86.0 cm³/mol. The SMILES string of the molecule is O=C(CCCOc1ccc(Cl)cc1)Oc1ccc(Br)cc1. The Morgan fingerprint density at radius 1 is 1.00 bits per heavy atom. The molecule has 0 aliphatic heterocycles. The summed E-state index contributed by atoms with van der Waals surface area (Å²) in [4.78, 5) is 11.6. The molecule has 3 nitrogen and oxygen atoms in total. The second kappa shape index (κ2) is 8.05. The minimum absolute atomic E-state index is 0.267. The monoisotopic (exact) mass is 368 g/mol. The number of rotatable bonds is 6. The summed E-state index contributed by atoms with van der Waals surface area (Å²) in [5.74, 6) is 1.01. The summed E-state index contributed by atoms with van der Waals surface area (Å²) in [6, 6.07) is 14.2. The van der Waals surface area contributed by atoms with Gasteiger partial charge in [0, 0.05) is 15.9 Å². The van der Waals surface area contributed by atoms with Crippen LogP contribution in [0.4, 0.5) is 0 Å². The van der Waals surface area contributed by atoms with E-state index in [0.29, 0.717) is 30.2 Å². The van der Waals surface area contributed by atoms with Crippen molar-refractivity contribution in [3.8, 4) is 11.5 Å². The largest absolute Gasteiger partial charge is 0.494 e. The zero-order valence-corrected chi connectivity index (χ0v) is 13.6. The van der Waals surface area contributed by atoms with Crippen LogP contribution in [0.25, 0.3) is 0 Å². The van der Waals surface area contributed by atoms with Crippen LogP contribution in [0.2, 0.25) is 5.02 Å². The maximum absolute atomic E-state index is 11.6. The quantitative estimate of drug-likeness (QED) is 0.414. The molecule has 0 fully saturated rings. The lowest BCUT2D eigenvalue weighted by Crippen LogP contribution is -2.09. The Kier molecular flexibility index (Phi) is 6.08. The van der Waals surface area contributed by atoms with Crippen LogP contribution in [0.3, 0.4) is 0 Å². The Bertz CT molecular complexity index is 581. The van der Waals surface area contributed by atoms with Crippen LogP contribution in [-0.4, -0.2) is 12.6 Å². The third-order valence-electron chi connectivity index (χ3n) is 2.65. The van der Waals surface area contributed by atoms with E-state index in [9.17, 15) is 4.79 Å². The number of carbonyl (C=O) groups is 1. The minimum Gasteiger partial charge on any atom is -0.494 e. The molecular weight excluding hydrogens is 356 g/mol. The Balaban J connectivity index is 1.67. The molecule has 0 aromatic heterocycles. The molecule has 0 saturated heterocycles. The van der Waals surface area contributed by atoms with E-state index in [1.807, 2.05) is 12.1 Å². The second-order valence-electron chi connectivity index (χ2n) is 4.33. The lowest BCUT2D eigenvalue weighted by atomic mass is 10.3. The molecule has 0 amide bonds. The molecule has 0 N–H and O–H groups in total. The molecule has 2 aromatic carbocycles. The maximum Gasteiger partial charge on any atom is 0.311 e. The summed E-state index contributed by atoms with van der Waals surface area (Å²) < 4.78 is 11.7. The van der Waals surface area contributed by atoms with Gasteiger partial charge in [0.15, 0.2) is 0 Å². The van der Waals surface area contributed by atoms with Gasteiger partial charge in [0.25, 0.3) is 0 Å². The van der Waals surface area contributed by atoms with Crippen molar-refractivity contribution < 1.29 is 14.3 Å². The fourth-order valence-electron chi connectivity index (χ4n) is 1.62. The summed E-state index contributed by atoms with van der Waals surface area (Å²) in [7, 11) is 0. The smallest absolute Gasteiger partial charge is 0.311 e. The Hall–Kier alpha value is -1.52. The molecule has 21 heavy (non-hydrogen) atoms. The van der Waals surface area contributed by atoms with Gasteiger partial charge in [-0.3, -0.25) is 4.79 Å². The van der Waals surface area contributed by atoms with Crippen LogP contribution < -0.4 is 9.47 Å². The average molecular weight is 370 g/mol. The van der Waals surface area contributed by atoms with Crippen molar-refractivity contribution in [1.82, 2.24) is 0 Å². The van der Waals surface area contributed by atoms with Gasteiger partial charge in [-0.2, -0.15) is 0 Å². The third-order valence-corrected chi connectivity index (χ3v) is 3.43. The summed E-state index contributed by atoms with van der Waals surface area (Å²) in [6.45, 7) is 0.455. The molecule has 0 aliphatic rings. The summed E-state index contributed by atoms with van der Waals surface area (Å²) >= 11 is 9.11. The van der Waals surface area contributed by atoms with Crippen LogP contribution in [-0.2, 0) is 4.79 Å². The Labute approximate surface area is 137 Å². The van der Waals surface area contributed by atoms with Crippen LogP contribution in [0, 0.1) is 0 Å². The van der Waals surface area contributed by atoms with Crippen molar-refractivity contribution in [2.75, 3.05) is 6.61 Å². The van der Waals surface area contributed by atoms with Crippen LogP contribution >= 0.6 is 27.5 Å². The summed E-state index contributed by atoms with van der Waals surface area (Å²) in [5, 5.41) is 0.667. The Morgan fingerprint density at radius 2 is 1.62 bits per heavy atom. The van der Waals surface area contributed by atoms with Crippen LogP contribution in [0.15, 0.2) is 53.0 Å². The lowest BCUT2D eigenvalue weighted by molar-refractivity contribution is -0.134. The molecule has 110 valence electrons. The van der Waals surface area contributed by atoms with Crippen molar-refractivity contribution >= 4 is 33.5 Å². The molecular formula is C16H14BrClO3. The van der Waals surface area contributed by atoms with Gasteiger partial charge in [-0.15, -0.1) is 0 Å². The molecule has 0 radical (unpaired) electrons. The van der Waals surface area contributed by atoms with Gasteiger partial charge in [0.2, 0.25) is 0 Å². The normalized spacial score (nSPS) is 10.2. The lowest BCUT2D eigenvalue weighted by Gasteiger charge is -2.06. The van der Waals surface area contributed by atoms with Gasteiger partial charge in [-0.1, -0.05) is 27.5 Å². The van der Waals surface area contributed by atoms with E-state index in [2.05, 4.69) is 15.9 Å². The Morgan fingerprint density at radius 3 is 2.29 bits per heavy atom. The molecule has 0 atom stereocenters. The number of carbonyl (C=O) groups excluding carboxylic acids is 1. The average Bonchev–Trinajstić information content (AvgIpc) is 2.48. The first-order chi connectivity index (χ1) is 10.1. The molecule has 0 saturated carbocycles. The molecule has 5 heteroatoms. The van der Waals surface area contributed by atoms with Crippen LogP contribution in [0.1, 0.15) is 12.8 Å². The number of benzene rings is 2. The highest BCUT2D eigenvalue weighted by Gasteiger charge is 2.05. The van der Waals surface area contributed by atoms with E-state index in [1.165, 1.54) is 0 Å². The van der Waals surface area contributed by atoms with Crippen molar-refractivity contribution in [3.05, 3.63) is 58.0 Å². The second-order valence-corrected chi connectivity index (χ2v) is 5.69. The van der Waals surface area contributed by atoms with Crippen molar-refractivity contribution in [2.24, 2.45) is 0 Å². The van der Waals surface area contributed by atoms with Crippen LogP contribution in [0.5, 0.6) is 11.5 Å². The summed E-state index contributed by atoms with van der Waals surface area (Å²) in [5.41, 5.74) is 0. The first-order valence-electron chi connectivity index (χ1n) is 6.48. The highest BCUT2D eigenvalue weighted by molar-refractivity contribution is 9.10. The highest BCUT2D eigenvalue weighted by atomic mass is 79.9. The van der Waals surface area contributed by atoms with Gasteiger partial charge in [-0.05, 0) is 55.0 Å². The molecule has 0 aliphatic carbocycles. The predicted octanol–water partition coefficient (Wildman–Crippen LogP) is 4.87. The topological polar surface area (TPSA) is 35.5 Å². The highest BCUT2D eigenvalue weighted by Crippen LogP contribution is 2.17. The van der Waals surface area contributed by atoms with E-state index >= 15 is 0 Å². The van der Waals surface area contributed by atoms with Crippen molar-refractivity contribution in [1.29, 1.82) is 0 Å². The van der Waals surface area contributed by atoms with Gasteiger partial charge < -0.3 is 9.47 Å². The number of ether oxygens (including phenoxy) is 2. The zero-order chi connectivity index (χ0) is 15.1. The molecule has 2 rings (SSSR count). The molecule has 0 unspecified atom stereocenters. The van der Waals surface area contributed by atoms with E-state index < -0.39 is 0 Å². The van der Waals surface area contributed by atoms with Gasteiger partial charge in [0.05, 0.1) is 6.61 Å². The van der Waals surface area contributed by atoms with E-state index in [0.717, 1.165) is 10.2 Å². The van der Waals surface area contributed by atoms with Crippen molar-refractivity contribution in [3.63, 3.8) is 0 Å². The van der Waals surface area contributed by atoms with Crippen molar-refractivity contribution in [2.45, 2.75) is 12.8 Å². The standard InChI is InChI=1S/C16H14BrClO3/c17-12-3-7-15(8-4-12)21-16(19)2-1-11-20-14-9-5-13(18)6-10-14/h3-10H,1-2,11H2. The number of halogens is 2. The number of hydrogen-bond acceptors (Lipinski definition) is 3. The van der Waals surface area contributed by atoms with E-state index in [4.69, 9.17) is 21.1 Å². The number of esters is 1. The zero-order valence-electron chi connectivity index (χ0n) is 11.2. The van der Waals surface area contributed by atoms with Gasteiger partial charge in [-0.25, -0.2) is 0 Å². The number of hydrogen-bond donors (Lipinski definition) is 0. The molecule has 0 heterocycles. The molecule has 2 aromatic rings. The molecule has 0 spiro atoms. The fourth-order valence-corrected chi connectivity index (χ4v) is 2.01. The van der Waals surface area contributed by atoms with Gasteiger partial charge in [0.1, 0.15) is 11.5 Å². The fraction of sp³-hybridized carbons (Fsp3) is 0.188. The third kappa shape index (κ3) is 5.78. The molecule has 0 bridgehead atoms. The maximum atomic E-state index is 11.6. The van der Waals surface area contributed by atoms with E-state index in [1.54, 1.807) is 36.4 Å². The minimum atomic E-state index is -0.267. The van der Waals surface area contributed by atoms with E-state index in [-0.39, 0.29) is 5.97 Å².